The third-order valence-electron chi connectivity index (χ3n) is 2.72. The maximum atomic E-state index is 3.73. The van der Waals surface area contributed by atoms with Crippen LogP contribution in [0.1, 0.15) is 23.1 Å². The molecule has 0 saturated heterocycles. The number of hydrogen-bond acceptors (Lipinski definition) is 0. The summed E-state index contributed by atoms with van der Waals surface area (Å²) in [6, 6.07) is 18.5. The van der Waals surface area contributed by atoms with Gasteiger partial charge in [0.2, 0.25) is 0 Å². The first-order chi connectivity index (χ1) is 8.88. The van der Waals surface area contributed by atoms with E-state index in [4.69, 9.17) is 0 Å². The fourth-order valence-electron chi connectivity index (χ4n) is 1.69. The van der Waals surface area contributed by atoms with Crippen molar-refractivity contribution >= 4 is 0 Å². The van der Waals surface area contributed by atoms with Crippen LogP contribution in [-0.2, 0) is 6.42 Å². The molecule has 0 saturated carbocycles. The van der Waals surface area contributed by atoms with E-state index in [1.54, 1.807) is 0 Å². The smallest absolute Gasteiger partial charge is 0.0249 e. The van der Waals surface area contributed by atoms with E-state index in [2.05, 4.69) is 42.7 Å². The summed E-state index contributed by atoms with van der Waals surface area (Å²) >= 11 is 0. The van der Waals surface area contributed by atoms with Crippen molar-refractivity contribution in [2.75, 3.05) is 0 Å². The monoisotopic (exact) mass is 232 g/mol. The molecule has 0 N–H and O–H groups in total. The average Bonchev–Trinajstić information content (AvgIpc) is 2.45. The minimum Gasteiger partial charge on any atom is -0.103 e. The molecule has 0 aliphatic heterocycles. The first-order valence-corrected chi connectivity index (χ1v) is 6.15. The van der Waals surface area contributed by atoms with Crippen LogP contribution in [0.5, 0.6) is 0 Å². The van der Waals surface area contributed by atoms with Crippen molar-refractivity contribution in [3.05, 3.63) is 83.9 Å². The van der Waals surface area contributed by atoms with Crippen LogP contribution >= 0.6 is 0 Å². The lowest BCUT2D eigenvalue weighted by Crippen LogP contribution is -1.83. The maximum Gasteiger partial charge on any atom is 0.0249 e. The predicted octanol–water partition coefficient (Wildman–Crippen LogP) is 4.21. The second-order valence-electron chi connectivity index (χ2n) is 4.14. The Morgan fingerprint density at radius 3 is 2.06 bits per heavy atom. The molecule has 88 valence electrons. The van der Waals surface area contributed by atoms with E-state index in [0.717, 1.165) is 24.0 Å². The molecule has 0 aliphatic carbocycles. The lowest BCUT2D eigenvalue weighted by molar-refractivity contribution is 1.00. The highest BCUT2D eigenvalue weighted by atomic mass is 14.0. The van der Waals surface area contributed by atoms with Gasteiger partial charge in [-0.2, -0.15) is 0 Å². The van der Waals surface area contributed by atoms with Crippen LogP contribution in [0.3, 0.4) is 0 Å². The third-order valence-corrected chi connectivity index (χ3v) is 2.72. The van der Waals surface area contributed by atoms with E-state index < -0.39 is 0 Å². The number of benzene rings is 2. The second-order valence-corrected chi connectivity index (χ2v) is 4.14. The lowest BCUT2D eigenvalue weighted by atomic mass is 10.1. The fraction of sp³-hybridized carbons (Fsp3) is 0.111. The van der Waals surface area contributed by atoms with Crippen molar-refractivity contribution in [2.45, 2.75) is 12.8 Å². The summed E-state index contributed by atoms with van der Waals surface area (Å²) < 4.78 is 0. The molecule has 0 nitrogen and oxygen atoms in total. The quantitative estimate of drug-likeness (QED) is 0.549. The third kappa shape index (κ3) is 3.64. The summed E-state index contributed by atoms with van der Waals surface area (Å²) in [4.78, 5) is 0. The molecular weight excluding hydrogens is 216 g/mol. The minimum atomic E-state index is 1.02. The minimum absolute atomic E-state index is 1.02. The first-order valence-electron chi connectivity index (χ1n) is 6.15. The van der Waals surface area contributed by atoms with E-state index >= 15 is 0 Å². The highest BCUT2D eigenvalue weighted by Crippen LogP contribution is 2.06. The Kier molecular flexibility index (Phi) is 4.39. The SMILES string of the molecule is C=CCCc1ccc(C#Cc2ccccc2)cc1. The molecule has 0 aliphatic rings. The van der Waals surface area contributed by atoms with Crippen molar-refractivity contribution in [3.8, 4) is 11.8 Å². The summed E-state index contributed by atoms with van der Waals surface area (Å²) in [5, 5.41) is 0. The first kappa shape index (κ1) is 12.2. The molecule has 0 radical (unpaired) electrons. The van der Waals surface area contributed by atoms with Gasteiger partial charge in [-0.25, -0.2) is 0 Å². The summed E-state index contributed by atoms with van der Waals surface area (Å²) in [7, 11) is 0. The zero-order valence-electron chi connectivity index (χ0n) is 10.4. The molecule has 0 bridgehead atoms. The largest absolute Gasteiger partial charge is 0.103 e. The van der Waals surface area contributed by atoms with Crippen LogP contribution in [0.2, 0.25) is 0 Å². The molecule has 0 heteroatoms. The molecule has 0 unspecified atom stereocenters. The van der Waals surface area contributed by atoms with Gasteiger partial charge in [-0.3, -0.25) is 0 Å². The van der Waals surface area contributed by atoms with Crippen LogP contribution in [0.4, 0.5) is 0 Å². The van der Waals surface area contributed by atoms with Crippen molar-refractivity contribution in [1.29, 1.82) is 0 Å². The van der Waals surface area contributed by atoms with Crippen molar-refractivity contribution < 1.29 is 0 Å². The van der Waals surface area contributed by atoms with Crippen LogP contribution < -0.4 is 0 Å². The average molecular weight is 232 g/mol. The Morgan fingerprint density at radius 2 is 1.44 bits per heavy atom. The summed E-state index contributed by atoms with van der Waals surface area (Å²) in [6.07, 6.45) is 4.02. The Hall–Kier alpha value is -2.26. The molecule has 0 aromatic heterocycles. The highest BCUT2D eigenvalue weighted by molar-refractivity contribution is 5.43. The Bertz CT molecular complexity index is 550. The Balaban J connectivity index is 2.07. The summed E-state index contributed by atoms with van der Waals surface area (Å²) in [5.74, 6) is 6.33. The van der Waals surface area contributed by atoms with Crippen molar-refractivity contribution in [1.82, 2.24) is 0 Å². The predicted molar refractivity (Wildman–Crippen MR) is 77.4 cm³/mol. The highest BCUT2D eigenvalue weighted by Gasteiger charge is 1.91. The van der Waals surface area contributed by atoms with Gasteiger partial charge in [-0.1, -0.05) is 48.2 Å². The number of rotatable bonds is 3. The van der Waals surface area contributed by atoms with E-state index in [-0.39, 0.29) is 0 Å². The van der Waals surface area contributed by atoms with Crippen LogP contribution in [0.15, 0.2) is 67.3 Å². The zero-order valence-corrected chi connectivity index (χ0v) is 10.4. The number of aryl methyl sites for hydroxylation is 1. The molecule has 18 heavy (non-hydrogen) atoms. The molecule has 0 atom stereocenters. The van der Waals surface area contributed by atoms with Crippen LogP contribution in [0, 0.1) is 11.8 Å². The second kappa shape index (κ2) is 6.47. The normalized spacial score (nSPS) is 9.33. The van der Waals surface area contributed by atoms with Gasteiger partial charge in [0.15, 0.2) is 0 Å². The molecular formula is C18H16. The van der Waals surface area contributed by atoms with Gasteiger partial charge >= 0.3 is 0 Å². The number of hydrogen-bond donors (Lipinski definition) is 0. The van der Waals surface area contributed by atoms with Gasteiger partial charge in [-0.15, -0.1) is 6.58 Å². The van der Waals surface area contributed by atoms with Gasteiger partial charge < -0.3 is 0 Å². The van der Waals surface area contributed by atoms with Gasteiger partial charge in [0, 0.05) is 11.1 Å². The van der Waals surface area contributed by atoms with E-state index in [9.17, 15) is 0 Å². The van der Waals surface area contributed by atoms with Crippen LogP contribution in [-0.4, -0.2) is 0 Å². The maximum absolute atomic E-state index is 3.73. The summed E-state index contributed by atoms with van der Waals surface area (Å²) in [6.45, 7) is 3.73. The van der Waals surface area contributed by atoms with E-state index in [1.807, 2.05) is 36.4 Å². The lowest BCUT2D eigenvalue weighted by Gasteiger charge is -1.98. The van der Waals surface area contributed by atoms with E-state index in [1.165, 1.54) is 5.56 Å². The number of allylic oxidation sites excluding steroid dienone is 1. The topological polar surface area (TPSA) is 0 Å². The molecule has 2 rings (SSSR count). The Morgan fingerprint density at radius 1 is 0.833 bits per heavy atom. The Labute approximate surface area is 109 Å². The fourth-order valence-corrected chi connectivity index (χ4v) is 1.69. The zero-order chi connectivity index (χ0) is 12.6. The molecule has 0 spiro atoms. The molecule has 0 heterocycles. The molecule has 0 fully saturated rings. The van der Waals surface area contributed by atoms with Gasteiger partial charge in [0.25, 0.3) is 0 Å². The van der Waals surface area contributed by atoms with Crippen molar-refractivity contribution in [3.63, 3.8) is 0 Å². The molecule has 0 amide bonds. The van der Waals surface area contributed by atoms with E-state index in [0.29, 0.717) is 0 Å². The summed E-state index contributed by atoms with van der Waals surface area (Å²) in [5.41, 5.74) is 3.44. The standard InChI is InChI=1S/C18H16/c1-2-3-7-17-11-14-18(15-12-17)13-10-16-8-5-4-6-9-16/h2,4-6,8-9,11-12,14-15H,1,3,7H2. The van der Waals surface area contributed by atoms with Gasteiger partial charge in [0.1, 0.15) is 0 Å². The van der Waals surface area contributed by atoms with Crippen LogP contribution in [0.25, 0.3) is 0 Å². The molecule has 2 aromatic rings. The molecule has 2 aromatic carbocycles. The van der Waals surface area contributed by atoms with Gasteiger partial charge in [0.05, 0.1) is 0 Å². The van der Waals surface area contributed by atoms with Gasteiger partial charge in [-0.05, 0) is 42.7 Å². The van der Waals surface area contributed by atoms with Crippen molar-refractivity contribution in [2.24, 2.45) is 0 Å².